The molecule has 0 radical (unpaired) electrons. The Morgan fingerprint density at radius 2 is 1.52 bits per heavy atom. The highest BCUT2D eigenvalue weighted by Crippen LogP contribution is 2.50. The summed E-state index contributed by atoms with van der Waals surface area (Å²) < 4.78 is 0. The number of nitrogens with zero attached hydrogens (tertiary/aromatic N) is 1. The lowest BCUT2D eigenvalue weighted by Gasteiger charge is -2.41. The summed E-state index contributed by atoms with van der Waals surface area (Å²) in [6, 6.07) is 25.6. The second-order valence-electron chi connectivity index (χ2n) is 7.82. The van der Waals surface area contributed by atoms with Crippen LogP contribution >= 0.6 is 0 Å². The van der Waals surface area contributed by atoms with Crippen molar-refractivity contribution >= 4 is 11.8 Å². The molecule has 2 unspecified atom stereocenters. The number of benzene rings is 3. The van der Waals surface area contributed by atoms with Crippen molar-refractivity contribution in [3.63, 3.8) is 0 Å². The summed E-state index contributed by atoms with van der Waals surface area (Å²) >= 11 is 0. The van der Waals surface area contributed by atoms with Crippen LogP contribution in [0.1, 0.15) is 48.9 Å². The number of fused-ring (bicyclic) bond motifs is 1. The summed E-state index contributed by atoms with van der Waals surface area (Å²) in [4.78, 5) is 2.37. The van der Waals surface area contributed by atoms with Crippen LogP contribution in [-0.2, 0) is 5.41 Å². The molecule has 148 valence electrons. The smallest absolute Gasteiger partial charge is 0.116 e. The number of aromatic hydroxyl groups is 1. The molecule has 0 aromatic heterocycles. The molecule has 0 saturated carbocycles. The number of anilines is 1. The third kappa shape index (κ3) is 3.23. The van der Waals surface area contributed by atoms with Crippen LogP contribution in [0.5, 0.6) is 5.75 Å². The highest BCUT2D eigenvalue weighted by atomic mass is 16.3. The predicted molar refractivity (Wildman–Crippen MR) is 123 cm³/mol. The maximum absolute atomic E-state index is 9.93. The average molecular weight is 384 g/mol. The van der Waals surface area contributed by atoms with Gasteiger partial charge in [-0.25, -0.2) is 0 Å². The Bertz CT molecular complexity index is 1000. The van der Waals surface area contributed by atoms with Crippen molar-refractivity contribution in [3.8, 4) is 5.75 Å². The zero-order chi connectivity index (χ0) is 20.4. The highest BCUT2D eigenvalue weighted by Gasteiger charge is 2.41. The van der Waals surface area contributed by atoms with Crippen molar-refractivity contribution in [1.29, 1.82) is 0 Å². The van der Waals surface area contributed by atoms with E-state index in [4.69, 9.17) is 0 Å². The molecule has 0 spiro atoms. The number of hydrogen-bond donors (Lipinski definition) is 1. The largest absolute Gasteiger partial charge is 0.508 e. The number of hydrogen-bond acceptors (Lipinski definition) is 2. The molecule has 1 aliphatic rings. The van der Waals surface area contributed by atoms with Crippen LogP contribution in [0.15, 0.2) is 78.9 Å². The van der Waals surface area contributed by atoms with Gasteiger partial charge in [0.15, 0.2) is 0 Å². The molecule has 3 aromatic rings. The predicted octanol–water partition coefficient (Wildman–Crippen LogP) is 6.36. The van der Waals surface area contributed by atoms with Crippen molar-refractivity contribution in [2.75, 3.05) is 18.0 Å². The second-order valence-corrected chi connectivity index (χ2v) is 7.82. The molecular weight excluding hydrogens is 354 g/mol. The van der Waals surface area contributed by atoms with Gasteiger partial charge in [0.05, 0.1) is 0 Å². The van der Waals surface area contributed by atoms with E-state index in [0.717, 1.165) is 18.7 Å². The van der Waals surface area contributed by atoms with Gasteiger partial charge in [-0.2, -0.15) is 0 Å². The highest BCUT2D eigenvalue weighted by molar-refractivity contribution is 5.68. The minimum Gasteiger partial charge on any atom is -0.508 e. The lowest BCUT2D eigenvalue weighted by atomic mass is 9.61. The maximum atomic E-state index is 9.93. The summed E-state index contributed by atoms with van der Waals surface area (Å²) in [6.45, 7) is 8.70. The van der Waals surface area contributed by atoms with E-state index in [9.17, 15) is 5.11 Å². The molecule has 29 heavy (non-hydrogen) atoms. The van der Waals surface area contributed by atoms with Gasteiger partial charge in [-0.3, -0.25) is 0 Å². The van der Waals surface area contributed by atoms with E-state index in [1.165, 1.54) is 22.4 Å². The molecule has 0 heterocycles. The fourth-order valence-corrected chi connectivity index (χ4v) is 4.82. The van der Waals surface area contributed by atoms with Crippen LogP contribution in [0.2, 0.25) is 0 Å². The molecule has 2 atom stereocenters. The van der Waals surface area contributed by atoms with Gasteiger partial charge in [0.1, 0.15) is 5.75 Å². The molecule has 1 N–H and O–H groups in total. The lowest BCUT2D eigenvalue weighted by molar-refractivity contribution is 0.472. The fraction of sp³-hybridized carbons (Fsp3) is 0.259. The number of phenols is 1. The first-order valence-electron chi connectivity index (χ1n) is 10.5. The van der Waals surface area contributed by atoms with Crippen molar-refractivity contribution < 1.29 is 5.11 Å². The molecular formula is C27H29NO. The van der Waals surface area contributed by atoms with Crippen molar-refractivity contribution in [2.45, 2.75) is 32.1 Å². The molecule has 0 fully saturated rings. The van der Waals surface area contributed by atoms with E-state index >= 15 is 0 Å². The van der Waals surface area contributed by atoms with E-state index in [0.29, 0.717) is 5.75 Å². The first-order chi connectivity index (χ1) is 14.1. The number of phenolic OH excluding ortho intramolecular Hbond substituents is 1. The van der Waals surface area contributed by atoms with Gasteiger partial charge in [0.2, 0.25) is 0 Å². The van der Waals surface area contributed by atoms with Crippen LogP contribution in [0.25, 0.3) is 6.08 Å². The van der Waals surface area contributed by atoms with Crippen molar-refractivity contribution in [2.24, 2.45) is 0 Å². The minimum absolute atomic E-state index is 0.241. The zero-order valence-electron chi connectivity index (χ0n) is 17.5. The van der Waals surface area contributed by atoms with Crippen LogP contribution in [0.3, 0.4) is 0 Å². The summed E-state index contributed by atoms with van der Waals surface area (Å²) in [5, 5.41) is 9.93. The fourth-order valence-electron chi connectivity index (χ4n) is 4.82. The van der Waals surface area contributed by atoms with Gasteiger partial charge in [0, 0.05) is 24.2 Å². The zero-order valence-corrected chi connectivity index (χ0v) is 17.5. The quantitative estimate of drug-likeness (QED) is 0.554. The Morgan fingerprint density at radius 1 is 0.862 bits per heavy atom. The topological polar surface area (TPSA) is 23.5 Å². The van der Waals surface area contributed by atoms with E-state index in [-0.39, 0.29) is 11.3 Å². The number of rotatable bonds is 5. The molecule has 0 amide bonds. The SMILES string of the molecule is CCN(CC)c1ccc(C2(c3ccccc3)C=Cc3cc(O)ccc3C2C)cc1. The standard InChI is InChI=1S/C27H29NO/c1-4-28(5-2)24-13-11-23(12-14-24)27(22-9-7-6-8-10-22)18-17-21-19-25(29)15-16-26(21)20(27)3/h6-20,29H,4-5H2,1-3H3. The normalized spacial score (nSPS) is 20.3. The van der Waals surface area contributed by atoms with Crippen molar-refractivity contribution in [1.82, 2.24) is 0 Å². The first-order valence-corrected chi connectivity index (χ1v) is 10.5. The first kappa shape index (κ1) is 19.3. The lowest BCUT2D eigenvalue weighted by Crippen LogP contribution is -2.34. The van der Waals surface area contributed by atoms with Gasteiger partial charge in [-0.1, -0.05) is 67.6 Å². The Kier molecular flexibility index (Phi) is 5.19. The Balaban J connectivity index is 1.87. The second kappa shape index (κ2) is 7.79. The monoisotopic (exact) mass is 383 g/mol. The molecule has 4 rings (SSSR count). The van der Waals surface area contributed by atoms with E-state index < -0.39 is 0 Å². The third-order valence-corrected chi connectivity index (χ3v) is 6.47. The van der Waals surface area contributed by atoms with E-state index in [1.807, 2.05) is 6.07 Å². The van der Waals surface area contributed by atoms with Crippen LogP contribution in [0, 0.1) is 0 Å². The molecule has 2 nitrogen and oxygen atoms in total. The van der Waals surface area contributed by atoms with Crippen LogP contribution in [-0.4, -0.2) is 18.2 Å². The minimum atomic E-state index is -0.243. The molecule has 0 bridgehead atoms. The third-order valence-electron chi connectivity index (χ3n) is 6.47. The van der Waals surface area contributed by atoms with E-state index in [2.05, 4.69) is 98.5 Å². The Labute approximate surface area is 174 Å². The Morgan fingerprint density at radius 3 is 2.17 bits per heavy atom. The Hall–Kier alpha value is -3.00. The molecule has 2 heteroatoms. The maximum Gasteiger partial charge on any atom is 0.116 e. The summed E-state index contributed by atoms with van der Waals surface area (Å²) in [6.07, 6.45) is 4.49. The van der Waals surface area contributed by atoms with Gasteiger partial charge in [0.25, 0.3) is 0 Å². The van der Waals surface area contributed by atoms with Crippen molar-refractivity contribution in [3.05, 3.63) is 101 Å². The summed E-state index contributed by atoms with van der Waals surface area (Å²) in [7, 11) is 0. The summed E-state index contributed by atoms with van der Waals surface area (Å²) in [5.41, 5.74) is 5.97. The van der Waals surface area contributed by atoms with Gasteiger partial charge in [-0.15, -0.1) is 0 Å². The van der Waals surface area contributed by atoms with Gasteiger partial charge in [-0.05, 0) is 66.3 Å². The van der Waals surface area contributed by atoms with Gasteiger partial charge >= 0.3 is 0 Å². The van der Waals surface area contributed by atoms with Gasteiger partial charge < -0.3 is 10.0 Å². The molecule has 0 saturated heterocycles. The average Bonchev–Trinajstić information content (AvgIpc) is 2.76. The van der Waals surface area contributed by atoms with Crippen LogP contribution < -0.4 is 4.90 Å². The molecule has 0 aliphatic heterocycles. The molecule has 3 aromatic carbocycles. The summed E-state index contributed by atoms with van der Waals surface area (Å²) in [5.74, 6) is 0.557. The molecule has 1 aliphatic carbocycles. The number of allylic oxidation sites excluding steroid dienone is 1. The van der Waals surface area contributed by atoms with E-state index in [1.54, 1.807) is 6.07 Å². The van der Waals surface area contributed by atoms with Crippen LogP contribution in [0.4, 0.5) is 5.69 Å².